The van der Waals surface area contributed by atoms with Crippen molar-refractivity contribution < 1.29 is 18.0 Å². The molecule has 2 atom stereocenters. The summed E-state index contributed by atoms with van der Waals surface area (Å²) >= 11 is 3.37. The van der Waals surface area contributed by atoms with E-state index in [2.05, 4.69) is 28.2 Å². The van der Waals surface area contributed by atoms with E-state index in [0.717, 1.165) is 24.8 Å². The van der Waals surface area contributed by atoms with Gasteiger partial charge in [0.2, 0.25) is 11.8 Å². The highest BCUT2D eigenvalue weighted by Crippen LogP contribution is 2.36. The molecule has 1 heterocycles. The van der Waals surface area contributed by atoms with Gasteiger partial charge in [-0.15, -0.1) is 0 Å². The Morgan fingerprint density at radius 3 is 2.66 bits per heavy atom. The molecule has 1 aromatic rings. The first-order chi connectivity index (χ1) is 13.7. The lowest BCUT2D eigenvalue weighted by atomic mass is 9.86. The van der Waals surface area contributed by atoms with E-state index in [1.807, 2.05) is 0 Å². The summed E-state index contributed by atoms with van der Waals surface area (Å²) in [6, 6.07) is 3.50. The minimum atomic E-state index is -3.66. The van der Waals surface area contributed by atoms with Crippen LogP contribution in [-0.4, -0.2) is 38.6 Å². The predicted octanol–water partition coefficient (Wildman–Crippen LogP) is 3.61. The summed E-state index contributed by atoms with van der Waals surface area (Å²) < 4.78 is 26.4. The van der Waals surface area contributed by atoms with Crippen molar-refractivity contribution in [1.82, 2.24) is 5.32 Å². The molecule has 160 valence electrons. The van der Waals surface area contributed by atoms with E-state index in [1.165, 1.54) is 6.42 Å². The molecule has 29 heavy (non-hydrogen) atoms. The summed E-state index contributed by atoms with van der Waals surface area (Å²) in [6.45, 7) is 4.49. The maximum absolute atomic E-state index is 12.9. The molecule has 1 N–H and O–H groups in total. The number of anilines is 1. The number of carbonyl (C=O) groups is 2. The van der Waals surface area contributed by atoms with Gasteiger partial charge >= 0.3 is 0 Å². The molecule has 0 radical (unpaired) electrons. The van der Waals surface area contributed by atoms with Gasteiger partial charge in [-0.3, -0.25) is 9.59 Å². The van der Waals surface area contributed by atoms with Gasteiger partial charge < -0.3 is 10.2 Å². The Bertz CT molecular complexity index is 900. The van der Waals surface area contributed by atoms with Crippen LogP contribution >= 0.6 is 15.9 Å². The van der Waals surface area contributed by atoms with Gasteiger partial charge in [-0.2, -0.15) is 0 Å². The number of nitrogens with one attached hydrogen (secondary N) is 1. The molecule has 1 aliphatic carbocycles. The first-order valence-electron chi connectivity index (χ1n) is 10.4. The van der Waals surface area contributed by atoms with Crippen molar-refractivity contribution in [2.45, 2.75) is 69.7 Å². The van der Waals surface area contributed by atoms with Crippen LogP contribution in [0.25, 0.3) is 0 Å². The number of sulfone groups is 1. The van der Waals surface area contributed by atoms with Crippen molar-refractivity contribution >= 4 is 43.3 Å². The average Bonchev–Trinajstić information content (AvgIpc) is 3.09. The topological polar surface area (TPSA) is 83.6 Å². The van der Waals surface area contributed by atoms with Crippen molar-refractivity contribution in [1.29, 1.82) is 0 Å². The maximum atomic E-state index is 12.9. The molecule has 1 fully saturated rings. The normalized spacial score (nSPS) is 21.7. The van der Waals surface area contributed by atoms with Gasteiger partial charge in [0.1, 0.15) is 0 Å². The second-order valence-electron chi connectivity index (χ2n) is 8.06. The highest BCUT2D eigenvalue weighted by Gasteiger charge is 2.29. The third-order valence-corrected chi connectivity index (χ3v) is 8.69. The molecule has 0 saturated heterocycles. The van der Waals surface area contributed by atoms with E-state index in [4.69, 9.17) is 0 Å². The summed E-state index contributed by atoms with van der Waals surface area (Å²) in [7, 11) is -3.66. The Kier molecular flexibility index (Phi) is 7.04. The second kappa shape index (κ2) is 9.16. The number of benzene rings is 1. The molecule has 1 saturated carbocycles. The standard InChI is InChI=1S/C21H29BrN2O4S/c1-3-21(26)24-10-8-15-12-16(22)19(13-18(15)24)29(27,28)11-9-20(25)23-17-7-5-4-6-14(17)2/h12-14,17H,3-11H2,1-2H3,(H,23,25)/t14-,17-/m1/s1. The Balaban J connectivity index is 1.71. The number of hydrogen-bond acceptors (Lipinski definition) is 4. The largest absolute Gasteiger partial charge is 0.353 e. The predicted molar refractivity (Wildman–Crippen MR) is 117 cm³/mol. The van der Waals surface area contributed by atoms with Crippen molar-refractivity contribution in [3.05, 3.63) is 22.2 Å². The molecule has 0 spiro atoms. The van der Waals surface area contributed by atoms with Gasteiger partial charge in [-0.1, -0.05) is 26.7 Å². The molecule has 0 bridgehead atoms. The van der Waals surface area contributed by atoms with Gasteiger partial charge in [0.15, 0.2) is 9.84 Å². The molecule has 0 aromatic heterocycles. The molecular formula is C21H29BrN2O4S. The third kappa shape index (κ3) is 5.02. The monoisotopic (exact) mass is 484 g/mol. The van der Waals surface area contributed by atoms with E-state index in [0.29, 0.717) is 35.5 Å². The maximum Gasteiger partial charge on any atom is 0.226 e. The molecule has 2 aliphatic rings. The van der Waals surface area contributed by atoms with Crippen LogP contribution < -0.4 is 10.2 Å². The van der Waals surface area contributed by atoms with Crippen LogP contribution in [0.4, 0.5) is 5.69 Å². The third-order valence-electron chi connectivity index (χ3n) is 6.02. The Morgan fingerprint density at radius 2 is 1.97 bits per heavy atom. The Morgan fingerprint density at radius 1 is 1.24 bits per heavy atom. The second-order valence-corrected chi connectivity index (χ2v) is 11.0. The fraction of sp³-hybridized carbons (Fsp3) is 0.619. The van der Waals surface area contributed by atoms with Gasteiger partial charge in [-0.25, -0.2) is 8.42 Å². The lowest BCUT2D eigenvalue weighted by molar-refractivity contribution is -0.122. The lowest BCUT2D eigenvalue weighted by Crippen LogP contribution is -2.41. The number of halogens is 1. The van der Waals surface area contributed by atoms with Crippen molar-refractivity contribution in [2.24, 2.45) is 5.92 Å². The van der Waals surface area contributed by atoms with Crippen LogP contribution in [0.15, 0.2) is 21.5 Å². The molecule has 0 unspecified atom stereocenters. The van der Waals surface area contributed by atoms with Crippen molar-refractivity contribution in [3.8, 4) is 0 Å². The van der Waals surface area contributed by atoms with E-state index in [-0.39, 0.29) is 34.9 Å². The number of fused-ring (bicyclic) bond motifs is 1. The van der Waals surface area contributed by atoms with Gasteiger partial charge in [0, 0.05) is 35.6 Å². The number of carbonyl (C=O) groups excluding carboxylic acids is 2. The van der Waals surface area contributed by atoms with Crippen LogP contribution in [0.3, 0.4) is 0 Å². The highest BCUT2D eigenvalue weighted by atomic mass is 79.9. The quantitative estimate of drug-likeness (QED) is 0.668. The first-order valence-corrected chi connectivity index (χ1v) is 12.8. The zero-order valence-corrected chi connectivity index (χ0v) is 19.4. The van der Waals surface area contributed by atoms with E-state index in [1.54, 1.807) is 24.0 Å². The molecule has 3 rings (SSSR count). The fourth-order valence-electron chi connectivity index (χ4n) is 4.22. The van der Waals surface area contributed by atoms with Crippen LogP contribution in [0, 0.1) is 5.92 Å². The lowest BCUT2D eigenvalue weighted by Gasteiger charge is -2.29. The molecule has 6 nitrogen and oxygen atoms in total. The van der Waals surface area contributed by atoms with E-state index < -0.39 is 9.84 Å². The zero-order chi connectivity index (χ0) is 21.2. The summed E-state index contributed by atoms with van der Waals surface area (Å²) in [4.78, 5) is 26.3. The van der Waals surface area contributed by atoms with Crippen molar-refractivity contribution in [3.63, 3.8) is 0 Å². The molecule has 8 heteroatoms. The molecular weight excluding hydrogens is 456 g/mol. The highest BCUT2D eigenvalue weighted by molar-refractivity contribution is 9.10. The number of amides is 2. The van der Waals surface area contributed by atoms with Crippen LogP contribution in [-0.2, 0) is 25.8 Å². The number of hydrogen-bond donors (Lipinski definition) is 1. The smallest absolute Gasteiger partial charge is 0.226 e. The van der Waals surface area contributed by atoms with E-state index in [9.17, 15) is 18.0 Å². The van der Waals surface area contributed by atoms with E-state index >= 15 is 0 Å². The summed E-state index contributed by atoms with van der Waals surface area (Å²) in [6.07, 6.45) is 5.36. The minimum absolute atomic E-state index is 0.0181. The van der Waals surface area contributed by atoms with Gasteiger partial charge in [0.05, 0.1) is 10.6 Å². The number of rotatable bonds is 6. The van der Waals surface area contributed by atoms with Crippen molar-refractivity contribution in [2.75, 3.05) is 17.2 Å². The number of nitrogens with zero attached hydrogens (tertiary/aromatic N) is 1. The van der Waals surface area contributed by atoms with Crippen LogP contribution in [0.2, 0.25) is 0 Å². The zero-order valence-electron chi connectivity index (χ0n) is 17.0. The summed E-state index contributed by atoms with van der Waals surface area (Å²) in [5, 5.41) is 3.01. The fourth-order valence-corrected chi connectivity index (χ4v) is 6.67. The summed E-state index contributed by atoms with van der Waals surface area (Å²) in [5.41, 5.74) is 1.63. The van der Waals surface area contributed by atoms with Crippen LogP contribution in [0.1, 0.15) is 57.9 Å². The molecule has 1 aliphatic heterocycles. The first kappa shape index (κ1) is 22.3. The summed E-state index contributed by atoms with van der Waals surface area (Å²) in [5.74, 6) is -0.0565. The Hall–Kier alpha value is -1.41. The molecule has 1 aromatic carbocycles. The Labute approximate surface area is 181 Å². The minimum Gasteiger partial charge on any atom is -0.353 e. The molecule has 2 amide bonds. The SMILES string of the molecule is CCC(=O)N1CCc2cc(Br)c(S(=O)(=O)CCC(=O)N[C@@H]3CCCC[C@H]3C)cc21. The average molecular weight is 485 g/mol. The van der Waals surface area contributed by atoms with Gasteiger partial charge in [-0.05, 0) is 58.8 Å². The van der Waals surface area contributed by atoms with Gasteiger partial charge in [0.25, 0.3) is 0 Å². The van der Waals surface area contributed by atoms with Crippen LogP contribution in [0.5, 0.6) is 0 Å².